The molecule has 0 saturated carbocycles. The molecule has 0 atom stereocenters. The average Bonchev–Trinajstić information content (AvgIpc) is 3.02. The summed E-state index contributed by atoms with van der Waals surface area (Å²) >= 11 is 3.46. The molecule has 5 nitrogen and oxygen atoms in total. The predicted octanol–water partition coefficient (Wildman–Crippen LogP) is 3.93. The van der Waals surface area contributed by atoms with Crippen LogP contribution in [0.15, 0.2) is 46.9 Å². The standard InChI is InChI=1S/C19H20BrN3O2/c1-13-8-9-15(14(20)11-13)22-18(24)12-21-16-5-2-3-6-17(16)23-10-4-7-19(23)25/h2-3,5-6,8-9,11,21H,4,7,10,12H2,1H3,(H,22,24). The van der Waals surface area contributed by atoms with Crippen molar-refractivity contribution in [2.45, 2.75) is 19.8 Å². The molecule has 2 aromatic carbocycles. The lowest BCUT2D eigenvalue weighted by molar-refractivity contribution is -0.117. The Kier molecular flexibility index (Phi) is 5.38. The second kappa shape index (κ2) is 7.70. The second-order valence-electron chi connectivity index (χ2n) is 6.05. The Labute approximate surface area is 155 Å². The number of carbonyl (C=O) groups excluding carboxylic acids is 2. The molecule has 2 amide bonds. The number of carbonyl (C=O) groups is 2. The summed E-state index contributed by atoms with van der Waals surface area (Å²) in [5.74, 6) is -0.0191. The summed E-state index contributed by atoms with van der Waals surface area (Å²) in [5.41, 5.74) is 3.47. The van der Waals surface area contributed by atoms with Crippen molar-refractivity contribution in [1.82, 2.24) is 0 Å². The number of nitrogens with zero attached hydrogens (tertiary/aromatic N) is 1. The van der Waals surface area contributed by atoms with Gasteiger partial charge in [-0.05, 0) is 59.1 Å². The molecule has 0 spiro atoms. The largest absolute Gasteiger partial charge is 0.374 e. The third kappa shape index (κ3) is 4.20. The average molecular weight is 402 g/mol. The number of anilines is 3. The van der Waals surface area contributed by atoms with Gasteiger partial charge in [-0.25, -0.2) is 0 Å². The quantitative estimate of drug-likeness (QED) is 0.797. The Bertz CT molecular complexity index is 807. The van der Waals surface area contributed by atoms with Crippen LogP contribution in [0.1, 0.15) is 18.4 Å². The number of hydrogen-bond donors (Lipinski definition) is 2. The highest BCUT2D eigenvalue weighted by molar-refractivity contribution is 9.10. The fourth-order valence-electron chi connectivity index (χ4n) is 2.85. The number of hydrogen-bond acceptors (Lipinski definition) is 3. The summed E-state index contributed by atoms with van der Waals surface area (Å²) in [4.78, 5) is 26.0. The zero-order chi connectivity index (χ0) is 17.8. The van der Waals surface area contributed by atoms with Gasteiger partial charge >= 0.3 is 0 Å². The third-order valence-corrected chi connectivity index (χ3v) is 4.76. The smallest absolute Gasteiger partial charge is 0.243 e. The van der Waals surface area contributed by atoms with Gasteiger partial charge in [0.05, 0.1) is 23.6 Å². The molecule has 2 N–H and O–H groups in total. The van der Waals surface area contributed by atoms with Crippen LogP contribution in [-0.4, -0.2) is 24.9 Å². The number of nitrogens with one attached hydrogen (secondary N) is 2. The van der Waals surface area contributed by atoms with Crippen LogP contribution in [0.4, 0.5) is 17.1 Å². The van der Waals surface area contributed by atoms with Gasteiger partial charge < -0.3 is 15.5 Å². The second-order valence-corrected chi connectivity index (χ2v) is 6.91. The fourth-order valence-corrected chi connectivity index (χ4v) is 3.45. The first kappa shape index (κ1) is 17.5. The van der Waals surface area contributed by atoms with E-state index in [1.807, 2.05) is 49.4 Å². The van der Waals surface area contributed by atoms with Crippen LogP contribution in [0.25, 0.3) is 0 Å². The Morgan fingerprint density at radius 2 is 2.00 bits per heavy atom. The summed E-state index contributed by atoms with van der Waals surface area (Å²) in [6, 6.07) is 13.3. The van der Waals surface area contributed by atoms with Gasteiger partial charge in [0.2, 0.25) is 11.8 Å². The number of aryl methyl sites for hydroxylation is 1. The first-order chi connectivity index (χ1) is 12.0. The Hall–Kier alpha value is -2.34. The Morgan fingerprint density at radius 3 is 2.72 bits per heavy atom. The first-order valence-electron chi connectivity index (χ1n) is 8.24. The van der Waals surface area contributed by atoms with E-state index in [4.69, 9.17) is 0 Å². The van der Waals surface area contributed by atoms with Crippen molar-refractivity contribution in [1.29, 1.82) is 0 Å². The summed E-state index contributed by atoms with van der Waals surface area (Å²) < 4.78 is 0.851. The van der Waals surface area contributed by atoms with Crippen LogP contribution < -0.4 is 15.5 Å². The van der Waals surface area contributed by atoms with Crippen molar-refractivity contribution in [3.05, 3.63) is 52.5 Å². The molecule has 0 unspecified atom stereocenters. The molecular formula is C19H20BrN3O2. The molecule has 3 rings (SSSR count). The third-order valence-electron chi connectivity index (χ3n) is 4.11. The lowest BCUT2D eigenvalue weighted by Crippen LogP contribution is -2.26. The van der Waals surface area contributed by atoms with E-state index >= 15 is 0 Å². The highest BCUT2D eigenvalue weighted by Gasteiger charge is 2.23. The highest BCUT2D eigenvalue weighted by atomic mass is 79.9. The minimum atomic E-state index is -0.146. The molecular weight excluding hydrogens is 382 g/mol. The molecule has 0 bridgehead atoms. The number of halogens is 1. The molecule has 1 aliphatic rings. The van der Waals surface area contributed by atoms with Crippen molar-refractivity contribution < 1.29 is 9.59 Å². The highest BCUT2D eigenvalue weighted by Crippen LogP contribution is 2.29. The van der Waals surface area contributed by atoms with E-state index in [0.717, 1.165) is 40.1 Å². The van der Waals surface area contributed by atoms with Crippen LogP contribution in [-0.2, 0) is 9.59 Å². The van der Waals surface area contributed by atoms with E-state index in [2.05, 4.69) is 26.6 Å². The van der Waals surface area contributed by atoms with Crippen molar-refractivity contribution in [2.24, 2.45) is 0 Å². The summed E-state index contributed by atoms with van der Waals surface area (Å²) in [7, 11) is 0. The SMILES string of the molecule is Cc1ccc(NC(=O)CNc2ccccc2N2CCCC2=O)c(Br)c1. The predicted molar refractivity (Wildman–Crippen MR) is 104 cm³/mol. The fraction of sp³-hybridized carbons (Fsp3) is 0.263. The van der Waals surface area contributed by atoms with Gasteiger partial charge in [0.15, 0.2) is 0 Å². The van der Waals surface area contributed by atoms with Crippen molar-refractivity contribution in [3.63, 3.8) is 0 Å². The maximum absolute atomic E-state index is 12.2. The van der Waals surface area contributed by atoms with E-state index in [1.54, 1.807) is 4.90 Å². The van der Waals surface area contributed by atoms with Crippen molar-refractivity contribution >= 4 is 44.8 Å². The minimum absolute atomic E-state index is 0.124. The van der Waals surface area contributed by atoms with Crippen LogP contribution in [0.5, 0.6) is 0 Å². The van der Waals surface area contributed by atoms with E-state index in [1.165, 1.54) is 0 Å². The van der Waals surface area contributed by atoms with E-state index in [-0.39, 0.29) is 18.4 Å². The summed E-state index contributed by atoms with van der Waals surface area (Å²) in [6.07, 6.45) is 1.45. The normalized spacial score (nSPS) is 13.8. The number of benzene rings is 2. The van der Waals surface area contributed by atoms with E-state index < -0.39 is 0 Å². The Balaban J connectivity index is 1.65. The molecule has 6 heteroatoms. The van der Waals surface area contributed by atoms with Gasteiger partial charge in [-0.3, -0.25) is 9.59 Å². The molecule has 2 aromatic rings. The van der Waals surface area contributed by atoms with Gasteiger partial charge in [-0.2, -0.15) is 0 Å². The summed E-state index contributed by atoms with van der Waals surface area (Å²) in [6.45, 7) is 2.84. The lowest BCUT2D eigenvalue weighted by atomic mass is 10.2. The lowest BCUT2D eigenvalue weighted by Gasteiger charge is -2.20. The number of rotatable bonds is 5. The monoisotopic (exact) mass is 401 g/mol. The molecule has 0 aliphatic carbocycles. The minimum Gasteiger partial charge on any atom is -0.374 e. The maximum Gasteiger partial charge on any atom is 0.243 e. The molecule has 1 saturated heterocycles. The van der Waals surface area contributed by atoms with Crippen LogP contribution in [0.3, 0.4) is 0 Å². The van der Waals surface area contributed by atoms with Crippen LogP contribution in [0, 0.1) is 6.92 Å². The van der Waals surface area contributed by atoms with E-state index in [9.17, 15) is 9.59 Å². The van der Waals surface area contributed by atoms with E-state index in [0.29, 0.717) is 6.42 Å². The topological polar surface area (TPSA) is 61.4 Å². The zero-order valence-corrected chi connectivity index (χ0v) is 15.6. The molecule has 1 heterocycles. The molecule has 1 fully saturated rings. The van der Waals surface area contributed by atoms with Gasteiger partial charge in [0.1, 0.15) is 0 Å². The number of para-hydroxylation sites is 2. The maximum atomic E-state index is 12.2. The summed E-state index contributed by atoms with van der Waals surface area (Å²) in [5, 5.41) is 6.02. The van der Waals surface area contributed by atoms with Crippen LogP contribution in [0.2, 0.25) is 0 Å². The van der Waals surface area contributed by atoms with Crippen LogP contribution >= 0.6 is 15.9 Å². The van der Waals surface area contributed by atoms with Crippen molar-refractivity contribution in [2.75, 3.05) is 28.6 Å². The van der Waals surface area contributed by atoms with Gasteiger partial charge in [-0.15, -0.1) is 0 Å². The van der Waals surface area contributed by atoms with Crippen molar-refractivity contribution in [3.8, 4) is 0 Å². The first-order valence-corrected chi connectivity index (χ1v) is 9.03. The molecule has 0 aromatic heterocycles. The van der Waals surface area contributed by atoms with Gasteiger partial charge in [-0.1, -0.05) is 18.2 Å². The van der Waals surface area contributed by atoms with Gasteiger partial charge in [0.25, 0.3) is 0 Å². The zero-order valence-electron chi connectivity index (χ0n) is 14.0. The Morgan fingerprint density at radius 1 is 1.20 bits per heavy atom. The molecule has 0 radical (unpaired) electrons. The number of amides is 2. The molecule has 25 heavy (non-hydrogen) atoms. The molecule has 130 valence electrons. The van der Waals surface area contributed by atoms with Gasteiger partial charge in [0, 0.05) is 17.4 Å². The molecule has 1 aliphatic heterocycles.